The molecule has 0 spiro atoms. The maximum atomic E-state index is 13.0. The fourth-order valence-electron chi connectivity index (χ4n) is 1.04. The van der Waals surface area contributed by atoms with E-state index in [2.05, 4.69) is 15.9 Å². The van der Waals surface area contributed by atoms with Crippen molar-refractivity contribution in [3.05, 3.63) is 34.3 Å². The third kappa shape index (κ3) is 2.50. The Morgan fingerprint density at radius 3 is 2.64 bits per heavy atom. The lowest BCUT2D eigenvalue weighted by Gasteiger charge is -2.21. The first kappa shape index (κ1) is 11.6. The number of halogens is 3. The molecule has 0 aliphatic rings. The Bertz CT molecular complexity index is 319. The summed E-state index contributed by atoms with van der Waals surface area (Å²) in [6.07, 6.45) is 0. The van der Waals surface area contributed by atoms with Crippen molar-refractivity contribution in [2.45, 2.75) is 12.0 Å². The minimum Gasteiger partial charge on any atom is -0.390 e. The molecule has 1 unspecified atom stereocenters. The number of benzene rings is 1. The van der Waals surface area contributed by atoms with E-state index in [1.807, 2.05) is 0 Å². The number of hydrogen-bond acceptors (Lipinski definition) is 2. The van der Waals surface area contributed by atoms with Crippen LogP contribution in [0, 0.1) is 0 Å². The zero-order chi connectivity index (χ0) is 10.8. The van der Waals surface area contributed by atoms with E-state index in [1.54, 1.807) is 12.1 Å². The lowest BCUT2D eigenvalue weighted by molar-refractivity contribution is -0.0711. The molecule has 0 saturated carbocycles. The lowest BCUT2D eigenvalue weighted by Crippen LogP contribution is -2.36. The molecule has 1 atom stereocenters. The molecule has 3 N–H and O–H groups in total. The number of aliphatic hydroxyl groups excluding tert-OH is 1. The second kappa shape index (κ2) is 4.33. The van der Waals surface area contributed by atoms with Gasteiger partial charge in [-0.3, -0.25) is 0 Å². The highest BCUT2D eigenvalue weighted by atomic mass is 79.9. The fraction of sp³-hybridized carbons (Fsp3) is 0.333. The second-order valence-corrected chi connectivity index (χ2v) is 3.87. The van der Waals surface area contributed by atoms with Gasteiger partial charge >= 0.3 is 0 Å². The van der Waals surface area contributed by atoms with Gasteiger partial charge in [0.15, 0.2) is 0 Å². The number of nitrogens with two attached hydrogens (primary N) is 1. The smallest absolute Gasteiger partial charge is 0.289 e. The zero-order valence-corrected chi connectivity index (χ0v) is 8.84. The van der Waals surface area contributed by atoms with Crippen LogP contribution in [0.1, 0.15) is 11.6 Å². The number of alkyl halides is 2. The largest absolute Gasteiger partial charge is 0.390 e. The first-order valence-corrected chi connectivity index (χ1v) is 4.76. The Balaban J connectivity index is 2.94. The maximum absolute atomic E-state index is 13.0. The molecule has 0 aromatic heterocycles. The van der Waals surface area contributed by atoms with Gasteiger partial charge in [-0.1, -0.05) is 28.1 Å². The standard InChI is InChI=1S/C9H10BrF2NO/c10-7-3-1-2-6(4-7)8(13)9(11,12)5-14/h1-4,8,14H,5,13H2. The Labute approximate surface area is 88.9 Å². The van der Waals surface area contributed by atoms with Crippen molar-refractivity contribution in [3.63, 3.8) is 0 Å². The van der Waals surface area contributed by atoms with Gasteiger partial charge in [0.25, 0.3) is 5.92 Å². The van der Waals surface area contributed by atoms with Crippen molar-refractivity contribution in [3.8, 4) is 0 Å². The van der Waals surface area contributed by atoms with Gasteiger partial charge in [0.1, 0.15) is 6.61 Å². The lowest BCUT2D eigenvalue weighted by atomic mass is 10.0. The average Bonchev–Trinajstić information content (AvgIpc) is 2.16. The minimum atomic E-state index is -3.29. The Hall–Kier alpha value is -0.520. The van der Waals surface area contributed by atoms with Crippen LogP contribution in [0.25, 0.3) is 0 Å². The van der Waals surface area contributed by atoms with E-state index < -0.39 is 18.6 Å². The van der Waals surface area contributed by atoms with Gasteiger partial charge in [0, 0.05) is 4.47 Å². The molecule has 0 heterocycles. The van der Waals surface area contributed by atoms with Crippen molar-refractivity contribution in [2.75, 3.05) is 6.61 Å². The van der Waals surface area contributed by atoms with Crippen LogP contribution in [0.15, 0.2) is 28.7 Å². The van der Waals surface area contributed by atoms with Crippen molar-refractivity contribution >= 4 is 15.9 Å². The first-order chi connectivity index (χ1) is 6.47. The molecule has 0 radical (unpaired) electrons. The van der Waals surface area contributed by atoms with Gasteiger partial charge in [-0.25, -0.2) is 8.78 Å². The minimum absolute atomic E-state index is 0.290. The predicted octanol–water partition coefficient (Wildman–Crippen LogP) is 2.08. The molecule has 0 bridgehead atoms. The Morgan fingerprint density at radius 2 is 2.14 bits per heavy atom. The number of rotatable bonds is 3. The van der Waals surface area contributed by atoms with E-state index in [0.29, 0.717) is 10.0 Å². The summed E-state index contributed by atoms with van der Waals surface area (Å²) in [5.74, 6) is -3.29. The summed E-state index contributed by atoms with van der Waals surface area (Å²) >= 11 is 3.16. The molecule has 1 aromatic carbocycles. The Kier molecular flexibility index (Phi) is 3.58. The summed E-state index contributed by atoms with van der Waals surface area (Å²) in [7, 11) is 0. The first-order valence-electron chi connectivity index (χ1n) is 3.97. The predicted molar refractivity (Wildman–Crippen MR) is 53.1 cm³/mol. The summed E-state index contributed by atoms with van der Waals surface area (Å²) in [5, 5.41) is 8.45. The maximum Gasteiger partial charge on any atom is 0.289 e. The number of hydrogen-bond donors (Lipinski definition) is 2. The topological polar surface area (TPSA) is 46.2 Å². The summed E-state index contributed by atoms with van der Waals surface area (Å²) in [6.45, 7) is -1.25. The van der Waals surface area contributed by atoms with Crippen LogP contribution in [0.2, 0.25) is 0 Å². The van der Waals surface area contributed by atoms with E-state index in [9.17, 15) is 8.78 Å². The van der Waals surface area contributed by atoms with Crippen LogP contribution in [0.5, 0.6) is 0 Å². The summed E-state index contributed by atoms with van der Waals surface area (Å²) < 4.78 is 26.6. The molecule has 0 aliphatic carbocycles. The number of aliphatic hydroxyl groups is 1. The van der Waals surface area contributed by atoms with Crippen LogP contribution in [-0.4, -0.2) is 17.6 Å². The van der Waals surface area contributed by atoms with Crippen LogP contribution in [0.4, 0.5) is 8.78 Å². The Morgan fingerprint density at radius 1 is 1.50 bits per heavy atom. The highest BCUT2D eigenvalue weighted by Crippen LogP contribution is 2.29. The third-order valence-corrected chi connectivity index (χ3v) is 2.37. The molecular weight excluding hydrogens is 256 g/mol. The van der Waals surface area contributed by atoms with Crippen molar-refractivity contribution in [1.29, 1.82) is 0 Å². The molecule has 2 nitrogen and oxygen atoms in total. The van der Waals surface area contributed by atoms with Gasteiger partial charge in [-0.2, -0.15) is 0 Å². The van der Waals surface area contributed by atoms with Crippen molar-refractivity contribution in [2.24, 2.45) is 5.73 Å². The normalized spacial score (nSPS) is 14.1. The zero-order valence-electron chi connectivity index (χ0n) is 7.25. The summed E-state index contributed by atoms with van der Waals surface area (Å²) in [4.78, 5) is 0. The monoisotopic (exact) mass is 265 g/mol. The summed E-state index contributed by atoms with van der Waals surface area (Å²) in [5.41, 5.74) is 5.61. The van der Waals surface area contributed by atoms with Gasteiger partial charge in [-0.05, 0) is 17.7 Å². The van der Waals surface area contributed by atoms with E-state index in [4.69, 9.17) is 10.8 Å². The molecule has 0 saturated heterocycles. The van der Waals surface area contributed by atoms with Crippen LogP contribution >= 0.6 is 15.9 Å². The highest BCUT2D eigenvalue weighted by Gasteiger charge is 2.37. The van der Waals surface area contributed by atoms with E-state index >= 15 is 0 Å². The molecule has 5 heteroatoms. The summed E-state index contributed by atoms with van der Waals surface area (Å²) in [6, 6.07) is 4.86. The van der Waals surface area contributed by atoms with Crippen LogP contribution < -0.4 is 5.73 Å². The van der Waals surface area contributed by atoms with Gasteiger partial charge in [0.05, 0.1) is 6.04 Å². The fourth-order valence-corrected chi connectivity index (χ4v) is 1.46. The van der Waals surface area contributed by atoms with Gasteiger partial charge < -0.3 is 10.8 Å². The highest BCUT2D eigenvalue weighted by molar-refractivity contribution is 9.10. The third-order valence-electron chi connectivity index (χ3n) is 1.87. The second-order valence-electron chi connectivity index (χ2n) is 2.95. The van der Waals surface area contributed by atoms with Crippen LogP contribution in [0.3, 0.4) is 0 Å². The van der Waals surface area contributed by atoms with E-state index in [-0.39, 0.29) is 0 Å². The SMILES string of the molecule is NC(c1cccc(Br)c1)C(F)(F)CO. The molecule has 1 aromatic rings. The average molecular weight is 266 g/mol. The molecule has 1 rings (SSSR count). The molecule has 78 valence electrons. The molecular formula is C9H10BrF2NO. The van der Waals surface area contributed by atoms with Gasteiger partial charge in [0.2, 0.25) is 0 Å². The van der Waals surface area contributed by atoms with Crippen molar-refractivity contribution in [1.82, 2.24) is 0 Å². The quantitative estimate of drug-likeness (QED) is 0.879. The molecule has 14 heavy (non-hydrogen) atoms. The van der Waals surface area contributed by atoms with Crippen molar-refractivity contribution < 1.29 is 13.9 Å². The van der Waals surface area contributed by atoms with Gasteiger partial charge in [-0.15, -0.1) is 0 Å². The van der Waals surface area contributed by atoms with E-state index in [1.165, 1.54) is 12.1 Å². The molecule has 0 aliphatic heterocycles. The van der Waals surface area contributed by atoms with Crippen LogP contribution in [-0.2, 0) is 0 Å². The van der Waals surface area contributed by atoms with E-state index in [0.717, 1.165) is 0 Å². The molecule has 0 amide bonds. The molecule has 0 fully saturated rings.